The van der Waals surface area contributed by atoms with Gasteiger partial charge < -0.3 is 10.5 Å². The summed E-state index contributed by atoms with van der Waals surface area (Å²) in [5.74, 6) is -1.35. The summed E-state index contributed by atoms with van der Waals surface area (Å²) in [6.07, 6.45) is 0. The average molecular weight is 132 g/mol. The number of esters is 1. The molecule has 0 bridgehead atoms. The van der Waals surface area contributed by atoms with Crippen LogP contribution in [-0.2, 0) is 14.3 Å². The molecule has 0 unspecified atom stereocenters. The van der Waals surface area contributed by atoms with E-state index < -0.39 is 11.8 Å². The van der Waals surface area contributed by atoms with E-state index in [1.54, 1.807) is 0 Å². The fourth-order valence-electron chi connectivity index (χ4n) is 0.266. The maximum Gasteiger partial charge on any atom is 0.374 e. The lowest BCUT2D eigenvalue weighted by Gasteiger charge is -1.95. The molecule has 0 fully saturated rings. The molecular weight excluding hydrogens is 122 g/mol. The summed E-state index contributed by atoms with van der Waals surface area (Å²) < 4.78 is 4.40. The molecule has 0 saturated heterocycles. The van der Waals surface area contributed by atoms with Crippen LogP contribution in [0.4, 0.5) is 0 Å². The van der Waals surface area contributed by atoms with Gasteiger partial charge in [0.25, 0.3) is 0 Å². The fraction of sp³-hybridized carbons (Fsp3) is 0.600. The second-order valence-corrected chi connectivity index (χ2v) is 1.55. The van der Waals surface area contributed by atoms with Crippen LogP contribution >= 0.6 is 0 Å². The third kappa shape index (κ3) is 3.66. The van der Waals surface area contributed by atoms with Gasteiger partial charge in [0.1, 0.15) is 13.2 Å². The Morgan fingerprint density at radius 2 is 2.11 bits per heavy atom. The highest BCUT2D eigenvalue weighted by atomic mass is 16.5. The number of ketones is 1. The van der Waals surface area contributed by atoms with E-state index in [1.165, 1.54) is 6.92 Å². The summed E-state index contributed by atoms with van der Waals surface area (Å²) in [4.78, 5) is 20.5. The summed E-state index contributed by atoms with van der Waals surface area (Å²) in [6, 6.07) is 0. The maximum absolute atomic E-state index is 10.3. The Bertz CT molecular complexity index is 121. The first-order valence-electron chi connectivity index (χ1n) is 2.65. The van der Waals surface area contributed by atoms with Gasteiger partial charge in [0.2, 0.25) is 5.78 Å². The molecule has 0 atom stereocenters. The summed E-state index contributed by atoms with van der Waals surface area (Å²) in [5, 5.41) is 0. The van der Waals surface area contributed by atoms with Gasteiger partial charge in [0.05, 0.1) is 0 Å². The van der Waals surface area contributed by atoms with Gasteiger partial charge in [-0.15, -0.1) is 0 Å². The highest BCUT2D eigenvalue weighted by Gasteiger charge is 2.06. The molecule has 0 aliphatic carbocycles. The van der Waals surface area contributed by atoms with Crippen molar-refractivity contribution >= 4 is 11.8 Å². The van der Waals surface area contributed by atoms with Gasteiger partial charge in [0.15, 0.2) is 0 Å². The van der Waals surface area contributed by atoms with E-state index in [0.29, 0.717) is 6.54 Å². The number of hydrogen-bond donors (Lipinski definition) is 1. The highest BCUT2D eigenvalue weighted by molar-refractivity contribution is 6.32. The van der Waals surface area contributed by atoms with Crippen LogP contribution in [0.2, 0.25) is 0 Å². The predicted octanol–water partition coefficient (Wildman–Crippen LogP) is -1.64. The Kier molecular flexibility index (Phi) is 3.62. The topological polar surface area (TPSA) is 71.0 Å². The molecule has 0 saturated carbocycles. The first-order valence-corrected chi connectivity index (χ1v) is 2.65. The van der Waals surface area contributed by atoms with Crippen molar-refractivity contribution in [2.75, 3.05) is 13.2 Å². The average Bonchev–Trinajstić information content (AvgIpc) is 1.82. The van der Waals surface area contributed by atoms with E-state index in [4.69, 9.17) is 0 Å². The first kappa shape index (κ1) is 8.10. The van der Waals surface area contributed by atoms with Crippen molar-refractivity contribution in [1.29, 1.82) is 0 Å². The van der Waals surface area contributed by atoms with Crippen LogP contribution in [-0.4, -0.2) is 24.9 Å². The number of carbonyl (C=O) groups excluding carboxylic acids is 2. The molecule has 0 aromatic rings. The zero-order valence-electron chi connectivity index (χ0n) is 5.35. The fourth-order valence-corrected chi connectivity index (χ4v) is 0.266. The molecule has 0 rings (SSSR count). The molecule has 52 valence electrons. The van der Waals surface area contributed by atoms with E-state index in [9.17, 15) is 9.59 Å². The minimum Gasteiger partial charge on any atom is -0.454 e. The van der Waals surface area contributed by atoms with Crippen molar-refractivity contribution in [2.24, 2.45) is 0 Å². The van der Waals surface area contributed by atoms with Gasteiger partial charge in [-0.2, -0.15) is 0 Å². The Morgan fingerprint density at radius 1 is 1.56 bits per heavy atom. The van der Waals surface area contributed by atoms with Crippen molar-refractivity contribution in [1.82, 2.24) is 0 Å². The molecule has 9 heavy (non-hydrogen) atoms. The lowest BCUT2D eigenvalue weighted by atomic mass is 10.5. The normalized spacial score (nSPS) is 8.67. The standard InChI is InChI=1S/C5H9NO3/c1-4(7)5(8)9-3-2-6/h2-3,6H2,1H3/p+1. The van der Waals surface area contributed by atoms with E-state index in [-0.39, 0.29) is 6.61 Å². The van der Waals surface area contributed by atoms with Crippen molar-refractivity contribution in [2.45, 2.75) is 6.92 Å². The molecule has 0 aliphatic heterocycles. The molecule has 0 amide bonds. The number of carbonyl (C=O) groups is 2. The summed E-state index contributed by atoms with van der Waals surface area (Å²) in [7, 11) is 0. The largest absolute Gasteiger partial charge is 0.454 e. The number of ether oxygens (including phenoxy) is 1. The van der Waals surface area contributed by atoms with Crippen LogP contribution in [0, 0.1) is 0 Å². The minimum absolute atomic E-state index is 0.221. The van der Waals surface area contributed by atoms with Crippen LogP contribution in [0.3, 0.4) is 0 Å². The lowest BCUT2D eigenvalue weighted by molar-refractivity contribution is -0.372. The molecule has 3 N–H and O–H groups in total. The monoisotopic (exact) mass is 132 g/mol. The van der Waals surface area contributed by atoms with Gasteiger partial charge in [-0.1, -0.05) is 0 Å². The molecular formula is C5H10NO3+. The molecule has 4 nitrogen and oxygen atoms in total. The van der Waals surface area contributed by atoms with E-state index in [0.717, 1.165) is 0 Å². The third-order valence-corrected chi connectivity index (χ3v) is 0.665. The number of quaternary nitrogens is 1. The van der Waals surface area contributed by atoms with Crippen LogP contribution < -0.4 is 5.73 Å². The molecule has 0 aliphatic rings. The first-order chi connectivity index (χ1) is 4.18. The molecule has 0 heterocycles. The zero-order valence-corrected chi connectivity index (χ0v) is 5.35. The van der Waals surface area contributed by atoms with E-state index >= 15 is 0 Å². The Balaban J connectivity index is 3.39. The van der Waals surface area contributed by atoms with E-state index in [1.807, 2.05) is 0 Å². The van der Waals surface area contributed by atoms with Crippen LogP contribution in [0.25, 0.3) is 0 Å². The minimum atomic E-state index is -0.779. The summed E-state index contributed by atoms with van der Waals surface area (Å²) >= 11 is 0. The summed E-state index contributed by atoms with van der Waals surface area (Å²) in [5.41, 5.74) is 3.43. The molecule has 0 spiro atoms. The molecule has 0 aromatic carbocycles. The van der Waals surface area contributed by atoms with Crippen molar-refractivity contribution < 1.29 is 20.1 Å². The van der Waals surface area contributed by atoms with Gasteiger partial charge in [-0.25, -0.2) is 4.79 Å². The van der Waals surface area contributed by atoms with Crippen LogP contribution in [0.5, 0.6) is 0 Å². The van der Waals surface area contributed by atoms with Gasteiger partial charge in [-0.05, 0) is 0 Å². The third-order valence-electron chi connectivity index (χ3n) is 0.665. The van der Waals surface area contributed by atoms with Crippen molar-refractivity contribution in [3.05, 3.63) is 0 Å². The second-order valence-electron chi connectivity index (χ2n) is 1.55. The van der Waals surface area contributed by atoms with Gasteiger partial charge in [0, 0.05) is 6.92 Å². The van der Waals surface area contributed by atoms with Gasteiger partial charge in [-0.3, -0.25) is 4.79 Å². The number of rotatable bonds is 3. The van der Waals surface area contributed by atoms with Crippen molar-refractivity contribution in [3.63, 3.8) is 0 Å². The van der Waals surface area contributed by atoms with Crippen LogP contribution in [0.1, 0.15) is 6.92 Å². The smallest absolute Gasteiger partial charge is 0.374 e. The zero-order chi connectivity index (χ0) is 7.28. The quantitative estimate of drug-likeness (QED) is 0.370. The highest BCUT2D eigenvalue weighted by Crippen LogP contribution is 1.76. The lowest BCUT2D eigenvalue weighted by Crippen LogP contribution is -2.52. The summed E-state index contributed by atoms with van der Waals surface area (Å²) in [6.45, 7) is 1.89. The molecule has 0 radical (unpaired) electrons. The Hall–Kier alpha value is -0.900. The molecule has 4 heteroatoms. The number of hydrogen-bond acceptors (Lipinski definition) is 3. The second kappa shape index (κ2) is 4.03. The van der Waals surface area contributed by atoms with Crippen LogP contribution in [0.15, 0.2) is 0 Å². The molecule has 0 aromatic heterocycles. The van der Waals surface area contributed by atoms with Gasteiger partial charge >= 0.3 is 5.97 Å². The maximum atomic E-state index is 10.3. The Labute approximate surface area is 53.0 Å². The predicted molar refractivity (Wildman–Crippen MR) is 29.4 cm³/mol. The van der Waals surface area contributed by atoms with Crippen molar-refractivity contribution in [3.8, 4) is 0 Å². The Morgan fingerprint density at radius 3 is 2.44 bits per heavy atom. The number of Topliss-reactive ketones (excluding diaryl/α,β-unsaturated/α-hetero) is 1. The van der Waals surface area contributed by atoms with E-state index in [2.05, 4.69) is 10.5 Å². The SMILES string of the molecule is CC(=O)C(=O)OCC[NH3+].